The van der Waals surface area contributed by atoms with Gasteiger partial charge in [0, 0.05) is 22.9 Å². The van der Waals surface area contributed by atoms with Crippen molar-refractivity contribution in [2.45, 2.75) is 9.92 Å². The van der Waals surface area contributed by atoms with E-state index in [1.807, 2.05) is 18.2 Å². The van der Waals surface area contributed by atoms with Crippen molar-refractivity contribution in [2.24, 2.45) is 0 Å². The summed E-state index contributed by atoms with van der Waals surface area (Å²) in [7, 11) is 0. The Bertz CT molecular complexity index is 751. The highest BCUT2D eigenvalue weighted by atomic mass is 35.5. The summed E-state index contributed by atoms with van der Waals surface area (Å²) in [5.41, 5.74) is 1.56. The lowest BCUT2D eigenvalue weighted by Crippen LogP contribution is -1.88. The first-order chi connectivity index (χ1) is 10.2. The summed E-state index contributed by atoms with van der Waals surface area (Å²) in [5.74, 6) is 0. The molecule has 0 aliphatic carbocycles. The van der Waals surface area contributed by atoms with Crippen LogP contribution in [-0.4, -0.2) is 20.2 Å². The lowest BCUT2D eigenvalue weighted by atomic mass is 10.1. The Morgan fingerprint density at radius 3 is 2.57 bits per heavy atom. The fraction of sp³-hybridized carbons (Fsp3) is 0. The first kappa shape index (κ1) is 14.3. The van der Waals surface area contributed by atoms with Crippen LogP contribution in [0, 0.1) is 0 Å². The molecule has 21 heavy (non-hydrogen) atoms. The lowest BCUT2D eigenvalue weighted by Gasteiger charge is -2.08. The second kappa shape index (κ2) is 6.39. The number of hydrogen-bond acceptors (Lipinski definition) is 5. The van der Waals surface area contributed by atoms with Crippen molar-refractivity contribution in [1.82, 2.24) is 20.2 Å². The second-order valence-electron chi connectivity index (χ2n) is 4.00. The molecule has 0 saturated carbocycles. The van der Waals surface area contributed by atoms with Gasteiger partial charge >= 0.3 is 0 Å². The molecule has 0 fully saturated rings. The summed E-state index contributed by atoms with van der Waals surface area (Å²) >= 11 is 13.6. The Morgan fingerprint density at radius 2 is 1.86 bits per heavy atom. The van der Waals surface area contributed by atoms with Crippen molar-refractivity contribution in [3.05, 3.63) is 59.1 Å². The van der Waals surface area contributed by atoms with Crippen LogP contribution in [-0.2, 0) is 0 Å². The van der Waals surface area contributed by atoms with E-state index in [1.165, 1.54) is 11.8 Å². The smallest absolute Gasteiger partial charge is 0.151 e. The normalized spacial score (nSPS) is 10.6. The van der Waals surface area contributed by atoms with Crippen LogP contribution in [0.1, 0.15) is 0 Å². The molecule has 0 amide bonds. The van der Waals surface area contributed by atoms with E-state index in [4.69, 9.17) is 23.2 Å². The monoisotopic (exact) mass is 334 g/mol. The summed E-state index contributed by atoms with van der Waals surface area (Å²) in [5, 5.41) is 9.52. The molecule has 0 unspecified atom stereocenters. The molecule has 2 heterocycles. The molecule has 1 aromatic carbocycles. The van der Waals surface area contributed by atoms with Gasteiger partial charge in [0.1, 0.15) is 5.03 Å². The molecule has 0 aliphatic rings. The van der Waals surface area contributed by atoms with Gasteiger partial charge in [-0.2, -0.15) is 0 Å². The first-order valence-corrected chi connectivity index (χ1v) is 7.53. The zero-order valence-corrected chi connectivity index (χ0v) is 12.9. The Labute approximate surface area is 135 Å². The molecule has 0 bridgehead atoms. The lowest BCUT2D eigenvalue weighted by molar-refractivity contribution is 0.930. The highest BCUT2D eigenvalue weighted by molar-refractivity contribution is 7.99. The maximum Gasteiger partial charge on any atom is 0.151 e. The van der Waals surface area contributed by atoms with Crippen molar-refractivity contribution in [1.29, 1.82) is 0 Å². The minimum Gasteiger partial charge on any atom is -0.261 e. The van der Waals surface area contributed by atoms with Crippen LogP contribution in [0.5, 0.6) is 0 Å². The van der Waals surface area contributed by atoms with Crippen molar-refractivity contribution >= 4 is 35.0 Å². The van der Waals surface area contributed by atoms with Crippen molar-refractivity contribution in [3.63, 3.8) is 0 Å². The topological polar surface area (TPSA) is 51.6 Å². The van der Waals surface area contributed by atoms with E-state index >= 15 is 0 Å². The Balaban J connectivity index is 1.95. The van der Waals surface area contributed by atoms with Gasteiger partial charge in [0.05, 0.1) is 16.9 Å². The molecule has 7 heteroatoms. The zero-order chi connectivity index (χ0) is 14.7. The molecule has 0 N–H and O–H groups in total. The van der Waals surface area contributed by atoms with Gasteiger partial charge < -0.3 is 0 Å². The molecule has 2 aromatic heterocycles. The van der Waals surface area contributed by atoms with E-state index in [1.54, 1.807) is 30.7 Å². The van der Waals surface area contributed by atoms with Gasteiger partial charge in [0.2, 0.25) is 0 Å². The van der Waals surface area contributed by atoms with E-state index < -0.39 is 0 Å². The number of halogens is 2. The third-order valence-corrected chi connectivity index (χ3v) is 4.33. The largest absolute Gasteiger partial charge is 0.261 e. The highest BCUT2D eigenvalue weighted by Gasteiger charge is 2.11. The molecule has 104 valence electrons. The van der Waals surface area contributed by atoms with Crippen LogP contribution >= 0.6 is 35.0 Å². The number of benzene rings is 1. The summed E-state index contributed by atoms with van der Waals surface area (Å²) in [6, 6.07) is 9.23. The maximum absolute atomic E-state index is 6.46. The predicted molar refractivity (Wildman–Crippen MR) is 83.6 cm³/mol. The molecule has 0 atom stereocenters. The van der Waals surface area contributed by atoms with Gasteiger partial charge in [-0.15, -0.1) is 10.2 Å². The van der Waals surface area contributed by atoms with E-state index in [-0.39, 0.29) is 0 Å². The van der Waals surface area contributed by atoms with Gasteiger partial charge in [-0.3, -0.25) is 9.97 Å². The number of aromatic nitrogens is 4. The molecule has 3 rings (SSSR count). The zero-order valence-electron chi connectivity index (χ0n) is 10.6. The number of rotatable bonds is 3. The minimum atomic E-state index is 0.360. The molecule has 3 aromatic rings. The van der Waals surface area contributed by atoms with Gasteiger partial charge in [0.25, 0.3) is 0 Å². The quantitative estimate of drug-likeness (QED) is 0.710. The van der Waals surface area contributed by atoms with E-state index in [0.29, 0.717) is 10.2 Å². The molecule has 0 spiro atoms. The molecule has 4 nitrogen and oxygen atoms in total. The summed E-state index contributed by atoms with van der Waals surface area (Å²) in [4.78, 5) is 9.20. The van der Waals surface area contributed by atoms with Crippen LogP contribution in [0.25, 0.3) is 11.3 Å². The average molecular weight is 335 g/mol. The Hall–Kier alpha value is -1.69. The van der Waals surface area contributed by atoms with Gasteiger partial charge in [0.15, 0.2) is 5.15 Å². The SMILES string of the molecule is Clc1ccc(Sc2cccc(-c3cnccn3)c2Cl)nn1. The summed E-state index contributed by atoms with van der Waals surface area (Å²) in [6.07, 6.45) is 4.94. The molecular formula is C14H8Cl2N4S. The molecule has 0 aliphatic heterocycles. The average Bonchev–Trinajstić information content (AvgIpc) is 2.52. The molecule has 0 saturated heterocycles. The van der Waals surface area contributed by atoms with Crippen LogP contribution in [0.3, 0.4) is 0 Å². The van der Waals surface area contributed by atoms with Crippen LogP contribution in [0.4, 0.5) is 0 Å². The van der Waals surface area contributed by atoms with Gasteiger partial charge in [-0.25, -0.2) is 0 Å². The second-order valence-corrected chi connectivity index (χ2v) is 5.83. The highest BCUT2D eigenvalue weighted by Crippen LogP contribution is 2.37. The minimum absolute atomic E-state index is 0.360. The summed E-state index contributed by atoms with van der Waals surface area (Å²) < 4.78 is 0. The third kappa shape index (κ3) is 3.32. The summed E-state index contributed by atoms with van der Waals surface area (Å²) in [6.45, 7) is 0. The Morgan fingerprint density at radius 1 is 0.952 bits per heavy atom. The Kier molecular flexibility index (Phi) is 4.34. The first-order valence-electron chi connectivity index (χ1n) is 5.96. The van der Waals surface area contributed by atoms with Crippen molar-refractivity contribution < 1.29 is 0 Å². The predicted octanol–water partition coefficient (Wildman–Crippen LogP) is 4.39. The van der Waals surface area contributed by atoms with E-state index in [9.17, 15) is 0 Å². The van der Waals surface area contributed by atoms with Gasteiger partial charge in [-0.1, -0.05) is 47.1 Å². The van der Waals surface area contributed by atoms with Crippen LogP contribution < -0.4 is 0 Å². The number of nitrogens with zero attached hydrogens (tertiary/aromatic N) is 4. The van der Waals surface area contributed by atoms with Gasteiger partial charge in [-0.05, 0) is 18.2 Å². The van der Waals surface area contributed by atoms with Crippen molar-refractivity contribution in [3.8, 4) is 11.3 Å². The maximum atomic E-state index is 6.46. The standard InChI is InChI=1S/C14H8Cl2N4S/c15-12-4-5-13(20-19-12)21-11-3-1-2-9(14(11)16)10-8-17-6-7-18-10/h1-8H. The fourth-order valence-electron chi connectivity index (χ4n) is 1.70. The van der Waals surface area contributed by atoms with E-state index in [2.05, 4.69) is 20.2 Å². The van der Waals surface area contributed by atoms with Crippen LogP contribution in [0.2, 0.25) is 10.2 Å². The molecular weight excluding hydrogens is 327 g/mol. The fourth-order valence-corrected chi connectivity index (χ4v) is 2.93. The molecule has 0 radical (unpaired) electrons. The number of hydrogen-bond donors (Lipinski definition) is 0. The third-order valence-electron chi connectivity index (χ3n) is 2.62. The van der Waals surface area contributed by atoms with Crippen LogP contribution in [0.15, 0.2) is 58.8 Å². The van der Waals surface area contributed by atoms with Crippen molar-refractivity contribution in [2.75, 3.05) is 0 Å². The van der Waals surface area contributed by atoms with E-state index in [0.717, 1.165) is 21.2 Å².